The molecular formula is C17H23NO3. The summed E-state index contributed by atoms with van der Waals surface area (Å²) in [4.78, 5) is 2.16. The number of aliphatic hydroxyl groups is 1. The third-order valence-corrected chi connectivity index (χ3v) is 3.37. The molecule has 1 heterocycles. The van der Waals surface area contributed by atoms with E-state index in [4.69, 9.17) is 9.15 Å². The molecule has 4 nitrogen and oxygen atoms in total. The number of aryl methyl sites for hydroxylation is 1. The van der Waals surface area contributed by atoms with Crippen molar-refractivity contribution in [3.05, 3.63) is 54.0 Å². The van der Waals surface area contributed by atoms with Crippen LogP contribution in [0.2, 0.25) is 0 Å². The lowest BCUT2D eigenvalue weighted by molar-refractivity contribution is 0.0674. The van der Waals surface area contributed by atoms with Crippen LogP contribution in [0.1, 0.15) is 18.1 Å². The van der Waals surface area contributed by atoms with Crippen LogP contribution in [0.5, 0.6) is 5.75 Å². The molecule has 0 saturated heterocycles. The number of ether oxygens (including phenoxy) is 1. The van der Waals surface area contributed by atoms with Gasteiger partial charge in [-0.1, -0.05) is 24.6 Å². The van der Waals surface area contributed by atoms with E-state index in [2.05, 4.69) is 11.8 Å². The Bertz CT molecular complexity index is 507. The summed E-state index contributed by atoms with van der Waals surface area (Å²) in [6.07, 6.45) is 2.89. The maximum absolute atomic E-state index is 10.1. The smallest absolute Gasteiger partial charge is 0.119 e. The topological polar surface area (TPSA) is 45.8 Å². The minimum Gasteiger partial charge on any atom is -0.491 e. The molecule has 0 aliphatic rings. The SMILES string of the molecule is CCN(Cc1ccoc1)CC(O)COc1ccc(C)cc1. The summed E-state index contributed by atoms with van der Waals surface area (Å²) in [5.41, 5.74) is 2.31. The number of hydrogen-bond acceptors (Lipinski definition) is 4. The molecule has 1 unspecified atom stereocenters. The molecule has 0 aliphatic heterocycles. The Kier molecular flexibility index (Phi) is 5.84. The number of likely N-dealkylation sites (N-methyl/N-ethyl adjacent to an activating group) is 1. The molecule has 4 heteroatoms. The van der Waals surface area contributed by atoms with Crippen LogP contribution in [0.25, 0.3) is 0 Å². The van der Waals surface area contributed by atoms with Crippen molar-refractivity contribution in [2.24, 2.45) is 0 Å². The summed E-state index contributed by atoms with van der Waals surface area (Å²) in [5.74, 6) is 0.789. The van der Waals surface area contributed by atoms with Crippen molar-refractivity contribution in [2.75, 3.05) is 19.7 Å². The van der Waals surface area contributed by atoms with Gasteiger partial charge in [0, 0.05) is 18.7 Å². The summed E-state index contributed by atoms with van der Waals surface area (Å²) in [6.45, 7) is 6.63. The molecule has 0 bridgehead atoms. The molecule has 0 saturated carbocycles. The van der Waals surface area contributed by atoms with Gasteiger partial charge in [-0.3, -0.25) is 4.90 Å². The first-order valence-electron chi connectivity index (χ1n) is 7.28. The van der Waals surface area contributed by atoms with E-state index in [1.165, 1.54) is 5.56 Å². The molecule has 114 valence electrons. The van der Waals surface area contributed by atoms with E-state index >= 15 is 0 Å². The van der Waals surface area contributed by atoms with Gasteiger partial charge in [0.2, 0.25) is 0 Å². The molecule has 0 radical (unpaired) electrons. The van der Waals surface area contributed by atoms with Crippen LogP contribution in [0.3, 0.4) is 0 Å². The zero-order chi connectivity index (χ0) is 15.1. The van der Waals surface area contributed by atoms with Crippen molar-refractivity contribution in [3.8, 4) is 5.75 Å². The number of aliphatic hydroxyl groups excluding tert-OH is 1. The molecular weight excluding hydrogens is 266 g/mol. The fourth-order valence-electron chi connectivity index (χ4n) is 2.12. The minimum atomic E-state index is -0.516. The normalized spacial score (nSPS) is 12.6. The summed E-state index contributed by atoms with van der Waals surface area (Å²) in [7, 11) is 0. The summed E-state index contributed by atoms with van der Waals surface area (Å²) in [5, 5.41) is 10.1. The van der Waals surface area contributed by atoms with Crippen LogP contribution in [-0.2, 0) is 6.54 Å². The molecule has 0 amide bonds. The van der Waals surface area contributed by atoms with Gasteiger partial charge in [0.1, 0.15) is 18.5 Å². The van der Waals surface area contributed by atoms with Gasteiger partial charge in [0.05, 0.1) is 12.5 Å². The highest BCUT2D eigenvalue weighted by Gasteiger charge is 2.12. The molecule has 0 spiro atoms. The highest BCUT2D eigenvalue weighted by Crippen LogP contribution is 2.12. The first kappa shape index (κ1) is 15.6. The first-order valence-corrected chi connectivity index (χ1v) is 7.28. The van der Waals surface area contributed by atoms with Gasteiger partial charge in [0.25, 0.3) is 0 Å². The van der Waals surface area contributed by atoms with Gasteiger partial charge in [-0.2, -0.15) is 0 Å². The molecule has 2 rings (SSSR count). The first-order chi connectivity index (χ1) is 10.2. The second-order valence-electron chi connectivity index (χ2n) is 5.24. The Morgan fingerprint density at radius 3 is 2.62 bits per heavy atom. The molecule has 1 aromatic carbocycles. The molecule has 0 aliphatic carbocycles. The van der Waals surface area contributed by atoms with Gasteiger partial charge in [-0.15, -0.1) is 0 Å². The van der Waals surface area contributed by atoms with Gasteiger partial charge in [-0.05, 0) is 31.7 Å². The molecule has 2 aromatic rings. The van der Waals surface area contributed by atoms with E-state index in [1.54, 1.807) is 12.5 Å². The molecule has 21 heavy (non-hydrogen) atoms. The highest BCUT2D eigenvalue weighted by molar-refractivity contribution is 5.26. The Balaban J connectivity index is 1.76. The van der Waals surface area contributed by atoms with Crippen molar-refractivity contribution < 1.29 is 14.3 Å². The van der Waals surface area contributed by atoms with E-state index in [-0.39, 0.29) is 0 Å². The lowest BCUT2D eigenvalue weighted by Gasteiger charge is -2.23. The molecule has 0 fully saturated rings. The summed E-state index contributed by atoms with van der Waals surface area (Å²) < 4.78 is 10.7. The predicted octanol–water partition coefficient (Wildman–Crippen LogP) is 2.85. The van der Waals surface area contributed by atoms with Crippen LogP contribution in [0.15, 0.2) is 47.3 Å². The quantitative estimate of drug-likeness (QED) is 0.811. The number of hydrogen-bond donors (Lipinski definition) is 1. The van der Waals surface area contributed by atoms with Crippen molar-refractivity contribution in [2.45, 2.75) is 26.5 Å². The lowest BCUT2D eigenvalue weighted by Crippen LogP contribution is -2.35. The average molecular weight is 289 g/mol. The van der Waals surface area contributed by atoms with Gasteiger partial charge in [0.15, 0.2) is 0 Å². The van der Waals surface area contributed by atoms with E-state index in [0.29, 0.717) is 13.2 Å². The summed E-state index contributed by atoms with van der Waals surface area (Å²) >= 11 is 0. The van der Waals surface area contributed by atoms with Gasteiger partial charge < -0.3 is 14.3 Å². The molecule has 1 aromatic heterocycles. The maximum atomic E-state index is 10.1. The Morgan fingerprint density at radius 2 is 2.00 bits per heavy atom. The monoisotopic (exact) mass is 289 g/mol. The Labute approximate surface area is 126 Å². The highest BCUT2D eigenvalue weighted by atomic mass is 16.5. The zero-order valence-corrected chi connectivity index (χ0v) is 12.7. The van der Waals surface area contributed by atoms with Crippen LogP contribution >= 0.6 is 0 Å². The van der Waals surface area contributed by atoms with Crippen LogP contribution < -0.4 is 4.74 Å². The number of furan rings is 1. The van der Waals surface area contributed by atoms with Crippen molar-refractivity contribution in [1.82, 2.24) is 4.90 Å². The largest absolute Gasteiger partial charge is 0.491 e. The van der Waals surface area contributed by atoms with Crippen molar-refractivity contribution >= 4 is 0 Å². The zero-order valence-electron chi connectivity index (χ0n) is 12.7. The minimum absolute atomic E-state index is 0.297. The standard InChI is InChI=1S/C17H23NO3/c1-3-18(10-15-8-9-20-12-15)11-16(19)13-21-17-6-4-14(2)5-7-17/h4-9,12,16,19H,3,10-11,13H2,1-2H3. The van der Waals surface area contributed by atoms with Crippen LogP contribution in [0.4, 0.5) is 0 Å². The average Bonchev–Trinajstić information content (AvgIpc) is 2.99. The number of benzene rings is 1. The van der Waals surface area contributed by atoms with E-state index in [9.17, 15) is 5.11 Å². The Morgan fingerprint density at radius 1 is 1.24 bits per heavy atom. The number of nitrogens with zero attached hydrogens (tertiary/aromatic N) is 1. The third kappa shape index (κ3) is 5.25. The van der Waals surface area contributed by atoms with E-state index in [0.717, 1.165) is 24.4 Å². The van der Waals surface area contributed by atoms with Crippen LogP contribution in [-0.4, -0.2) is 35.8 Å². The van der Waals surface area contributed by atoms with E-state index < -0.39 is 6.10 Å². The van der Waals surface area contributed by atoms with Crippen molar-refractivity contribution in [1.29, 1.82) is 0 Å². The summed E-state index contributed by atoms with van der Waals surface area (Å²) in [6, 6.07) is 9.78. The van der Waals surface area contributed by atoms with Gasteiger partial charge >= 0.3 is 0 Å². The lowest BCUT2D eigenvalue weighted by atomic mass is 10.2. The van der Waals surface area contributed by atoms with Gasteiger partial charge in [-0.25, -0.2) is 0 Å². The second kappa shape index (κ2) is 7.86. The fourth-order valence-corrected chi connectivity index (χ4v) is 2.12. The third-order valence-electron chi connectivity index (χ3n) is 3.37. The molecule has 1 atom stereocenters. The van der Waals surface area contributed by atoms with Crippen LogP contribution in [0, 0.1) is 6.92 Å². The van der Waals surface area contributed by atoms with Crippen molar-refractivity contribution in [3.63, 3.8) is 0 Å². The Hall–Kier alpha value is -1.78. The second-order valence-corrected chi connectivity index (χ2v) is 5.24. The fraction of sp³-hybridized carbons (Fsp3) is 0.412. The maximum Gasteiger partial charge on any atom is 0.119 e. The number of rotatable bonds is 8. The molecule has 1 N–H and O–H groups in total. The predicted molar refractivity (Wildman–Crippen MR) is 82.3 cm³/mol. The van der Waals surface area contributed by atoms with E-state index in [1.807, 2.05) is 37.3 Å².